The molecule has 0 unspecified atom stereocenters. The van der Waals surface area contributed by atoms with Crippen molar-refractivity contribution in [2.45, 2.75) is 25.5 Å². The number of rotatable bonds is 9. The van der Waals surface area contributed by atoms with Crippen LogP contribution in [0.1, 0.15) is 34.8 Å². The summed E-state index contributed by atoms with van der Waals surface area (Å²) in [5, 5.41) is 7.83. The van der Waals surface area contributed by atoms with Gasteiger partial charge in [-0.1, -0.05) is 24.3 Å². The minimum Gasteiger partial charge on any atom is -0.497 e. The summed E-state index contributed by atoms with van der Waals surface area (Å²) in [5.74, 6) is -2.72. The molecule has 9 rings (SSSR count). The largest absolute Gasteiger partial charge is 0.497 e. The first-order valence-electron chi connectivity index (χ1n) is 20.1. The Morgan fingerprint density at radius 1 is 0.514 bits per heavy atom. The Balaban J connectivity index is 0.000000155. The van der Waals surface area contributed by atoms with Crippen molar-refractivity contribution in [1.29, 1.82) is 0 Å². The van der Waals surface area contributed by atoms with E-state index in [-0.39, 0.29) is 56.7 Å². The number of imidazole rings is 3. The van der Waals surface area contributed by atoms with Gasteiger partial charge in [0.15, 0.2) is 56.7 Å². The first-order chi connectivity index (χ1) is 33.2. The van der Waals surface area contributed by atoms with Crippen LogP contribution in [0.5, 0.6) is 11.5 Å². The molecule has 0 aliphatic rings. The van der Waals surface area contributed by atoms with E-state index in [0.29, 0.717) is 34.1 Å². The first-order valence-corrected chi connectivity index (χ1v) is 20.1. The van der Waals surface area contributed by atoms with Crippen molar-refractivity contribution in [3.63, 3.8) is 0 Å². The van der Waals surface area contributed by atoms with Gasteiger partial charge in [-0.05, 0) is 55.5 Å². The van der Waals surface area contributed by atoms with E-state index < -0.39 is 36.0 Å². The van der Waals surface area contributed by atoms with Crippen molar-refractivity contribution >= 4 is 56.7 Å². The van der Waals surface area contributed by atoms with Crippen molar-refractivity contribution < 1.29 is 53.8 Å². The molecule has 18 nitrogen and oxygen atoms in total. The van der Waals surface area contributed by atoms with E-state index >= 15 is 0 Å². The van der Waals surface area contributed by atoms with Crippen molar-refractivity contribution in [1.82, 2.24) is 58.6 Å². The van der Waals surface area contributed by atoms with Crippen LogP contribution in [0.25, 0.3) is 50.6 Å². The van der Waals surface area contributed by atoms with Gasteiger partial charge in [0.2, 0.25) is 17.5 Å². The highest BCUT2D eigenvalue weighted by Gasteiger charge is 2.38. The van der Waals surface area contributed by atoms with Crippen molar-refractivity contribution in [3.05, 3.63) is 115 Å². The molecule has 27 heteroatoms. The fourth-order valence-corrected chi connectivity index (χ4v) is 6.60. The van der Waals surface area contributed by atoms with Crippen LogP contribution in [0.15, 0.2) is 91.8 Å². The fraction of sp³-hybridized carbons (Fsp3) is 0.209. The number of carbonyl (C=O) groups excluding carboxylic acids is 1. The van der Waals surface area contributed by atoms with Gasteiger partial charge in [-0.2, -0.15) is 39.5 Å². The van der Waals surface area contributed by atoms with Crippen LogP contribution < -0.4 is 25.4 Å². The Morgan fingerprint density at radius 3 is 1.36 bits per heavy atom. The van der Waals surface area contributed by atoms with E-state index in [1.54, 1.807) is 72.8 Å². The first kappa shape index (κ1) is 49.3. The maximum Gasteiger partial charge on any atom is 0.451 e. The number of alkyl halides is 9. The number of halogens is 9. The lowest BCUT2D eigenvalue weighted by molar-refractivity contribution is -0.145. The molecule has 0 fully saturated rings. The van der Waals surface area contributed by atoms with Crippen LogP contribution in [0.3, 0.4) is 0 Å². The molecule has 3 aromatic carbocycles. The molecule has 0 aliphatic heterocycles. The Kier molecular flexibility index (Phi) is 13.7. The summed E-state index contributed by atoms with van der Waals surface area (Å²) in [4.78, 5) is 45.1. The monoisotopic (exact) mass is 981 g/mol. The van der Waals surface area contributed by atoms with Crippen LogP contribution in [0.2, 0.25) is 0 Å². The summed E-state index contributed by atoms with van der Waals surface area (Å²) < 4.78 is 132. The number of carbonyl (C=O) groups is 1. The third kappa shape index (κ3) is 10.1. The van der Waals surface area contributed by atoms with Crippen molar-refractivity contribution in [3.8, 4) is 28.6 Å². The molecule has 0 atom stereocenters. The van der Waals surface area contributed by atoms with E-state index in [2.05, 4.69) is 60.8 Å². The van der Waals surface area contributed by atoms with Crippen LogP contribution in [-0.4, -0.2) is 99.7 Å². The number of hydrogen-bond acceptors (Lipinski definition) is 15. The van der Waals surface area contributed by atoms with Crippen molar-refractivity contribution in [2.75, 3.05) is 51.3 Å². The number of hydrogen-bond donors (Lipinski definition) is 3. The lowest BCUT2D eigenvalue weighted by Crippen LogP contribution is -2.13. The molecule has 0 radical (unpaired) electrons. The molecule has 0 aliphatic carbocycles. The number of methoxy groups -OCH3 is 2. The van der Waals surface area contributed by atoms with E-state index in [1.807, 2.05) is 0 Å². The second-order valence-electron chi connectivity index (χ2n) is 14.3. The molecule has 0 amide bonds. The average Bonchev–Trinajstić information content (AvgIpc) is 4.10. The molecule has 0 spiro atoms. The molecule has 0 saturated carbocycles. The summed E-state index contributed by atoms with van der Waals surface area (Å²) >= 11 is 0. The van der Waals surface area contributed by atoms with Gasteiger partial charge >= 0.3 is 18.5 Å². The highest BCUT2D eigenvalue weighted by atomic mass is 19.4. The van der Waals surface area contributed by atoms with E-state index in [1.165, 1.54) is 75.0 Å². The zero-order valence-corrected chi connectivity index (χ0v) is 37.2. The normalized spacial score (nSPS) is 11.7. The minimum absolute atomic E-state index is 0.00220. The Hall–Kier alpha value is -8.65. The third-order valence-electron chi connectivity index (χ3n) is 9.89. The molecular weight excluding hydrogens is 946 g/mol. The van der Waals surface area contributed by atoms with Gasteiger partial charge in [-0.3, -0.25) is 18.5 Å². The summed E-state index contributed by atoms with van der Waals surface area (Å²) in [6.07, 6.45) is -9.85. The van der Waals surface area contributed by atoms with Crippen LogP contribution >= 0.6 is 0 Å². The number of anilines is 3. The summed E-state index contributed by atoms with van der Waals surface area (Å²) in [5.41, 5.74) is 2.90. The highest BCUT2D eigenvalue weighted by Crippen LogP contribution is 2.34. The number of aromatic nitrogens is 12. The Labute approximate surface area is 388 Å². The topological polar surface area (TPSA) is 202 Å². The molecule has 6 heterocycles. The van der Waals surface area contributed by atoms with E-state index in [4.69, 9.17) is 9.47 Å². The Morgan fingerprint density at radius 2 is 0.943 bits per heavy atom. The minimum atomic E-state index is -4.68. The number of nitrogens with zero attached hydrogens (tertiary/aromatic N) is 12. The van der Waals surface area contributed by atoms with Gasteiger partial charge in [0.05, 0.1) is 19.9 Å². The predicted octanol–water partition coefficient (Wildman–Crippen LogP) is 8.85. The van der Waals surface area contributed by atoms with Gasteiger partial charge in [0.1, 0.15) is 30.5 Å². The third-order valence-corrected chi connectivity index (χ3v) is 9.89. The number of ketones is 1. The number of fused-ring (bicyclic) bond motifs is 3. The Bertz CT molecular complexity index is 3330. The second-order valence-corrected chi connectivity index (χ2v) is 14.3. The number of Topliss-reactive ketones (excluding diaryl/α,β-unsaturated/α-hetero) is 1. The maximum atomic E-state index is 13.0. The fourth-order valence-electron chi connectivity index (χ4n) is 6.60. The second kappa shape index (κ2) is 19.5. The molecule has 0 bridgehead atoms. The van der Waals surface area contributed by atoms with Crippen LogP contribution in [0, 0.1) is 0 Å². The molecule has 364 valence electrons. The summed E-state index contributed by atoms with van der Waals surface area (Å²) in [6.45, 7) is 1.41. The summed E-state index contributed by atoms with van der Waals surface area (Å²) in [7, 11) is 7.42. The smallest absolute Gasteiger partial charge is 0.451 e. The number of nitrogens with one attached hydrogen (secondary N) is 3. The molecule has 0 saturated heterocycles. The van der Waals surface area contributed by atoms with Crippen LogP contribution in [-0.2, 0) is 18.5 Å². The van der Waals surface area contributed by atoms with Gasteiger partial charge in [-0.25, -0.2) is 44.9 Å². The molecular formula is C43H36F9N15O3. The number of benzene rings is 3. The van der Waals surface area contributed by atoms with Gasteiger partial charge in [-0.15, -0.1) is 0 Å². The number of ether oxygens (including phenoxy) is 2. The van der Waals surface area contributed by atoms with E-state index in [0.717, 1.165) is 0 Å². The molecule has 6 aromatic heterocycles. The van der Waals surface area contributed by atoms with E-state index in [9.17, 15) is 44.3 Å². The number of para-hydroxylation sites is 2. The van der Waals surface area contributed by atoms with Gasteiger partial charge in [0, 0.05) is 38.1 Å². The quantitative estimate of drug-likeness (QED) is 0.0914. The lowest BCUT2D eigenvalue weighted by Gasteiger charge is -2.11. The van der Waals surface area contributed by atoms with Gasteiger partial charge in [0.25, 0.3) is 0 Å². The molecule has 9 aromatic rings. The molecule has 70 heavy (non-hydrogen) atoms. The zero-order chi connectivity index (χ0) is 50.7. The zero-order valence-electron chi connectivity index (χ0n) is 37.2. The average molecular weight is 982 g/mol. The maximum absolute atomic E-state index is 13.0. The standard InChI is InChI=1S/C15H12F3N5O.2C14H12F3N5O/c1-8(24)9-4-3-5-10(6-9)23-7-20-11-12(19-2)21-14(15(16,17)18)22-13(11)23;1-18-11-10-12(21-13(20-11)14(15,16)17)22(7-19-10)8-3-5-9(23-2)6-4-8;1-18-11-10-12(21-13(20-11)14(15,16)17)22(7-19-10)8-5-3-4-6-9(8)23-2/h3-7H,1-2H3,(H,19,21,22);2*3-7H,1-2H3,(H,18,20,21). The molecule has 3 N–H and O–H groups in total. The highest BCUT2D eigenvalue weighted by molar-refractivity contribution is 5.95. The summed E-state index contributed by atoms with van der Waals surface area (Å²) in [6, 6.07) is 20.2. The SMILES string of the molecule is CNc1nc(C(F)(F)F)nc2c1ncn2-c1ccc(OC)cc1.CNc1nc(C(F)(F)F)nc2c1ncn2-c1cccc(C(C)=O)c1.CNc1nc(C(F)(F)F)nc2c1ncn2-c1ccccc1OC. The van der Waals surface area contributed by atoms with Crippen LogP contribution in [0.4, 0.5) is 57.0 Å². The lowest BCUT2D eigenvalue weighted by atomic mass is 10.1. The van der Waals surface area contributed by atoms with Gasteiger partial charge < -0.3 is 25.4 Å². The van der Waals surface area contributed by atoms with Crippen molar-refractivity contribution in [2.24, 2.45) is 0 Å². The predicted molar refractivity (Wildman–Crippen MR) is 237 cm³/mol.